The average molecular weight is 400 g/mol. The van der Waals surface area contributed by atoms with E-state index < -0.39 is 11.6 Å². The Kier molecular flexibility index (Phi) is 15.9. The lowest BCUT2D eigenvalue weighted by atomic mass is 9.96. The number of carbonyl (C=O) groups is 1. The van der Waals surface area contributed by atoms with Gasteiger partial charge in [-0.15, -0.1) is 0 Å². The van der Waals surface area contributed by atoms with Crippen LogP contribution < -0.4 is 5.11 Å². The summed E-state index contributed by atoms with van der Waals surface area (Å²) >= 11 is 0. The quantitative estimate of drug-likeness (QED) is 0.236. The standard InChI is InChI=1S/C24H49NO3/c1-5-6-7-8-9-10-11-12-13-14-15-16-17-18-19-20-24(2,28)22-25(3,4)21-23(26)27/h28H,5-22H2,1-4H3. The van der Waals surface area contributed by atoms with Gasteiger partial charge >= 0.3 is 0 Å². The van der Waals surface area contributed by atoms with Crippen molar-refractivity contribution in [1.82, 2.24) is 0 Å². The first kappa shape index (κ1) is 27.4. The molecule has 0 aromatic rings. The molecule has 4 nitrogen and oxygen atoms in total. The van der Waals surface area contributed by atoms with Crippen molar-refractivity contribution in [1.29, 1.82) is 0 Å². The predicted molar refractivity (Wildman–Crippen MR) is 117 cm³/mol. The van der Waals surface area contributed by atoms with Crippen LogP contribution in [-0.4, -0.2) is 48.3 Å². The minimum atomic E-state index is -1.06. The zero-order valence-corrected chi connectivity index (χ0v) is 19.4. The second-order valence-corrected chi connectivity index (χ2v) is 9.82. The molecule has 0 amide bonds. The summed E-state index contributed by atoms with van der Waals surface area (Å²) in [5, 5.41) is 21.3. The predicted octanol–water partition coefficient (Wildman–Crippen LogP) is 4.83. The lowest BCUT2D eigenvalue weighted by molar-refractivity contribution is -0.891. The van der Waals surface area contributed by atoms with Gasteiger partial charge in [0.1, 0.15) is 18.7 Å². The monoisotopic (exact) mass is 399 g/mol. The van der Waals surface area contributed by atoms with Crippen molar-refractivity contribution in [3.63, 3.8) is 0 Å². The number of carbonyl (C=O) groups excluding carboxylic acids is 1. The Bertz CT molecular complexity index is 380. The highest BCUT2D eigenvalue weighted by molar-refractivity contribution is 5.65. The number of aliphatic carboxylic acids is 1. The van der Waals surface area contributed by atoms with Crippen molar-refractivity contribution in [2.45, 2.75) is 122 Å². The number of likely N-dealkylation sites (N-methyl/N-ethyl adjacent to an activating group) is 1. The van der Waals surface area contributed by atoms with Gasteiger partial charge in [-0.2, -0.15) is 0 Å². The summed E-state index contributed by atoms with van der Waals surface area (Å²) < 4.78 is 0.258. The van der Waals surface area contributed by atoms with Gasteiger partial charge in [0, 0.05) is 0 Å². The van der Waals surface area contributed by atoms with E-state index in [-0.39, 0.29) is 11.0 Å². The number of hydrogen-bond acceptors (Lipinski definition) is 3. The van der Waals surface area contributed by atoms with Crippen molar-refractivity contribution in [3.05, 3.63) is 0 Å². The van der Waals surface area contributed by atoms with Crippen LogP contribution in [0.5, 0.6) is 0 Å². The maximum Gasteiger partial charge on any atom is 0.119 e. The SMILES string of the molecule is CCCCCCCCCCCCCCCCCC(C)(O)C[N+](C)(C)CC(=O)[O-]. The van der Waals surface area contributed by atoms with Crippen LogP contribution >= 0.6 is 0 Å². The Morgan fingerprint density at radius 3 is 1.50 bits per heavy atom. The zero-order chi connectivity index (χ0) is 21.3. The molecule has 0 aromatic carbocycles. The minimum absolute atomic E-state index is 0.0605. The summed E-state index contributed by atoms with van der Waals surface area (Å²) in [6.07, 6.45) is 20.8. The lowest BCUT2D eigenvalue weighted by Crippen LogP contribution is -2.55. The average Bonchev–Trinajstić information content (AvgIpc) is 2.56. The smallest absolute Gasteiger partial charge is 0.119 e. The molecule has 0 saturated carbocycles. The first-order valence-electron chi connectivity index (χ1n) is 11.9. The molecule has 0 saturated heterocycles. The molecule has 1 unspecified atom stereocenters. The van der Waals surface area contributed by atoms with Gasteiger partial charge in [0.2, 0.25) is 0 Å². The number of carboxylic acid groups (broad SMARTS) is 1. The number of hydrogen-bond donors (Lipinski definition) is 1. The lowest BCUT2D eigenvalue weighted by Gasteiger charge is -2.36. The van der Waals surface area contributed by atoms with E-state index in [0.717, 1.165) is 19.3 Å². The van der Waals surface area contributed by atoms with Crippen LogP contribution in [0.25, 0.3) is 0 Å². The number of nitrogens with zero attached hydrogens (tertiary/aromatic N) is 1. The van der Waals surface area contributed by atoms with Crippen molar-refractivity contribution < 1.29 is 19.5 Å². The van der Waals surface area contributed by atoms with E-state index in [1.165, 1.54) is 83.5 Å². The fourth-order valence-corrected chi connectivity index (χ4v) is 4.28. The van der Waals surface area contributed by atoms with Crippen LogP contribution in [0.15, 0.2) is 0 Å². The van der Waals surface area contributed by atoms with E-state index in [1.807, 2.05) is 21.0 Å². The first-order chi connectivity index (χ1) is 13.2. The van der Waals surface area contributed by atoms with Crippen LogP contribution in [-0.2, 0) is 4.79 Å². The number of quaternary nitrogens is 1. The molecule has 0 aliphatic carbocycles. The topological polar surface area (TPSA) is 60.4 Å². The Morgan fingerprint density at radius 2 is 1.14 bits per heavy atom. The molecule has 0 fully saturated rings. The summed E-state index contributed by atoms with van der Waals surface area (Å²) in [6, 6.07) is 0. The van der Waals surface area contributed by atoms with Gasteiger partial charge in [-0.05, 0) is 13.3 Å². The third-order valence-electron chi connectivity index (χ3n) is 5.64. The molecular weight excluding hydrogens is 350 g/mol. The van der Waals surface area contributed by atoms with Gasteiger partial charge in [-0.1, -0.05) is 103 Å². The molecule has 1 atom stereocenters. The summed E-state index contributed by atoms with van der Waals surface area (Å²) in [5.41, 5.74) is -0.810. The van der Waals surface area contributed by atoms with Crippen molar-refractivity contribution >= 4 is 5.97 Å². The fourth-order valence-electron chi connectivity index (χ4n) is 4.28. The van der Waals surface area contributed by atoms with E-state index in [9.17, 15) is 15.0 Å². The highest BCUT2D eigenvalue weighted by atomic mass is 16.4. The van der Waals surface area contributed by atoms with E-state index in [1.54, 1.807) is 0 Å². The molecule has 0 aromatic heterocycles. The number of rotatable bonds is 20. The number of carboxylic acids is 1. The molecule has 0 aliphatic heterocycles. The molecule has 1 N–H and O–H groups in total. The van der Waals surface area contributed by atoms with E-state index in [2.05, 4.69) is 6.92 Å². The minimum Gasteiger partial charge on any atom is -0.544 e. The van der Waals surface area contributed by atoms with Crippen LogP contribution in [0.3, 0.4) is 0 Å². The maximum absolute atomic E-state index is 10.8. The number of unbranched alkanes of at least 4 members (excludes halogenated alkanes) is 14. The zero-order valence-electron chi connectivity index (χ0n) is 19.4. The summed E-state index contributed by atoms with van der Waals surface area (Å²) in [5.74, 6) is -1.06. The molecule has 0 bridgehead atoms. The molecule has 0 aliphatic rings. The van der Waals surface area contributed by atoms with Gasteiger partial charge in [-0.3, -0.25) is 0 Å². The Morgan fingerprint density at radius 1 is 0.786 bits per heavy atom. The molecule has 0 radical (unpaired) electrons. The van der Waals surface area contributed by atoms with Crippen molar-refractivity contribution in [2.24, 2.45) is 0 Å². The molecule has 168 valence electrons. The third-order valence-corrected chi connectivity index (χ3v) is 5.64. The molecule has 0 heterocycles. The fraction of sp³-hybridized carbons (Fsp3) is 0.958. The highest BCUT2D eigenvalue weighted by Crippen LogP contribution is 2.19. The molecule has 0 spiro atoms. The van der Waals surface area contributed by atoms with Crippen LogP contribution in [0, 0.1) is 0 Å². The van der Waals surface area contributed by atoms with Gasteiger partial charge in [0.05, 0.1) is 20.1 Å². The van der Waals surface area contributed by atoms with E-state index in [4.69, 9.17) is 0 Å². The third kappa shape index (κ3) is 18.7. The summed E-state index contributed by atoms with van der Waals surface area (Å²) in [7, 11) is 3.66. The van der Waals surface area contributed by atoms with Gasteiger partial charge in [0.25, 0.3) is 0 Å². The van der Waals surface area contributed by atoms with E-state index >= 15 is 0 Å². The number of aliphatic hydroxyl groups is 1. The van der Waals surface area contributed by atoms with E-state index in [0.29, 0.717) is 6.54 Å². The largest absolute Gasteiger partial charge is 0.544 e. The summed E-state index contributed by atoms with van der Waals surface area (Å²) in [4.78, 5) is 10.8. The van der Waals surface area contributed by atoms with Crippen LogP contribution in [0.1, 0.15) is 117 Å². The van der Waals surface area contributed by atoms with Crippen molar-refractivity contribution in [3.8, 4) is 0 Å². The molecule has 0 rings (SSSR count). The molecule has 4 heteroatoms. The maximum atomic E-state index is 10.8. The van der Waals surface area contributed by atoms with Gasteiger partial charge in [-0.25, -0.2) is 0 Å². The second-order valence-electron chi connectivity index (χ2n) is 9.82. The van der Waals surface area contributed by atoms with Crippen LogP contribution in [0.2, 0.25) is 0 Å². The van der Waals surface area contributed by atoms with Crippen LogP contribution in [0.4, 0.5) is 0 Å². The Hall–Kier alpha value is -0.610. The Balaban J connectivity index is 3.48. The van der Waals surface area contributed by atoms with Gasteiger partial charge < -0.3 is 19.5 Å². The first-order valence-corrected chi connectivity index (χ1v) is 11.9. The molecule has 28 heavy (non-hydrogen) atoms. The highest BCUT2D eigenvalue weighted by Gasteiger charge is 2.30. The Labute approximate surface area is 175 Å². The second kappa shape index (κ2) is 16.2. The normalized spacial score (nSPS) is 14.2. The molecular formula is C24H49NO3. The summed E-state index contributed by atoms with van der Waals surface area (Å²) in [6.45, 7) is 4.48. The van der Waals surface area contributed by atoms with Gasteiger partial charge in [0.15, 0.2) is 0 Å². The van der Waals surface area contributed by atoms with Crippen molar-refractivity contribution in [2.75, 3.05) is 27.2 Å².